The summed E-state index contributed by atoms with van der Waals surface area (Å²) in [5, 5.41) is 27.1. The van der Waals surface area contributed by atoms with Gasteiger partial charge in [0.15, 0.2) is 0 Å². The molecule has 0 saturated carbocycles. The Labute approximate surface area is 137 Å². The molecule has 2 aromatic carbocycles. The predicted octanol–water partition coefficient (Wildman–Crippen LogP) is 1.70. The molecule has 1 atom stereocenters. The molecule has 0 saturated heterocycles. The van der Waals surface area contributed by atoms with Gasteiger partial charge in [-0.05, 0) is 41.3 Å². The summed E-state index contributed by atoms with van der Waals surface area (Å²) in [6, 6.07) is 9.48. The number of hydrogen-bond acceptors (Lipinski definition) is 4. The fourth-order valence-electron chi connectivity index (χ4n) is 2.26. The third-order valence-electron chi connectivity index (χ3n) is 3.46. The molecule has 0 aliphatic rings. The lowest BCUT2D eigenvalue weighted by Crippen LogP contribution is -2.32. The van der Waals surface area contributed by atoms with E-state index in [1.807, 2.05) is 0 Å². The predicted molar refractivity (Wildman–Crippen MR) is 85.1 cm³/mol. The minimum absolute atomic E-state index is 0.105. The number of rotatable bonds is 6. The Kier molecular flexibility index (Phi) is 4.96. The minimum atomic E-state index is -1.23. The van der Waals surface area contributed by atoms with E-state index in [4.69, 9.17) is 21.1 Å². The molecular formula is C17H15NO6. The van der Waals surface area contributed by atoms with Gasteiger partial charge in [-0.3, -0.25) is 4.79 Å². The van der Waals surface area contributed by atoms with Crippen molar-refractivity contribution in [3.63, 3.8) is 0 Å². The number of aliphatic carboxylic acids is 1. The summed E-state index contributed by atoms with van der Waals surface area (Å²) in [6.45, 7) is 0. The van der Waals surface area contributed by atoms with E-state index in [1.54, 1.807) is 24.3 Å². The van der Waals surface area contributed by atoms with Crippen molar-refractivity contribution < 1.29 is 29.7 Å². The fraction of sp³-hybridized carbons (Fsp3) is 0.118. The summed E-state index contributed by atoms with van der Waals surface area (Å²) in [7, 11) is 0. The van der Waals surface area contributed by atoms with Crippen LogP contribution in [0.25, 0.3) is 11.1 Å². The highest BCUT2D eigenvalue weighted by atomic mass is 16.4. The van der Waals surface area contributed by atoms with Crippen molar-refractivity contribution in [2.24, 2.45) is 5.73 Å². The van der Waals surface area contributed by atoms with Crippen LogP contribution in [0.15, 0.2) is 42.5 Å². The number of nitrogens with two attached hydrogens (primary N) is 1. The van der Waals surface area contributed by atoms with Crippen molar-refractivity contribution >= 4 is 17.9 Å². The van der Waals surface area contributed by atoms with Gasteiger partial charge in [-0.25, -0.2) is 9.59 Å². The van der Waals surface area contributed by atoms with E-state index in [0.29, 0.717) is 16.7 Å². The summed E-state index contributed by atoms with van der Waals surface area (Å²) < 4.78 is 0. The lowest BCUT2D eigenvalue weighted by molar-refractivity contribution is -0.138. The van der Waals surface area contributed by atoms with Gasteiger partial charge in [0, 0.05) is 0 Å². The Morgan fingerprint density at radius 3 is 1.96 bits per heavy atom. The monoisotopic (exact) mass is 329 g/mol. The van der Waals surface area contributed by atoms with E-state index in [2.05, 4.69) is 0 Å². The second-order valence-corrected chi connectivity index (χ2v) is 5.26. The van der Waals surface area contributed by atoms with Gasteiger partial charge in [0.05, 0.1) is 11.1 Å². The maximum Gasteiger partial charge on any atom is 0.335 e. The maximum absolute atomic E-state index is 11.2. The lowest BCUT2D eigenvalue weighted by Gasteiger charge is -2.10. The van der Waals surface area contributed by atoms with Crippen LogP contribution in [0.3, 0.4) is 0 Å². The second-order valence-electron chi connectivity index (χ2n) is 5.26. The second kappa shape index (κ2) is 6.93. The Hall–Kier alpha value is -3.19. The SMILES string of the molecule is NC(Cc1cccc(-c2cc(C(=O)O)cc(C(=O)O)c2)c1)C(=O)O. The molecule has 1 unspecified atom stereocenters. The van der Waals surface area contributed by atoms with Crippen LogP contribution < -0.4 is 5.73 Å². The van der Waals surface area contributed by atoms with Crippen molar-refractivity contribution in [2.45, 2.75) is 12.5 Å². The van der Waals surface area contributed by atoms with Crippen molar-refractivity contribution in [2.75, 3.05) is 0 Å². The Balaban J connectivity index is 2.46. The summed E-state index contributed by atoms with van der Waals surface area (Å²) in [4.78, 5) is 33.2. The van der Waals surface area contributed by atoms with Crippen molar-refractivity contribution in [1.82, 2.24) is 0 Å². The van der Waals surface area contributed by atoms with Crippen LogP contribution >= 0.6 is 0 Å². The zero-order valence-corrected chi connectivity index (χ0v) is 12.5. The highest BCUT2D eigenvalue weighted by Gasteiger charge is 2.15. The van der Waals surface area contributed by atoms with E-state index in [-0.39, 0.29) is 17.5 Å². The van der Waals surface area contributed by atoms with Gasteiger partial charge in [-0.2, -0.15) is 0 Å². The molecule has 7 nitrogen and oxygen atoms in total. The van der Waals surface area contributed by atoms with Gasteiger partial charge in [0.25, 0.3) is 0 Å². The normalized spacial score (nSPS) is 11.7. The third kappa shape index (κ3) is 3.96. The van der Waals surface area contributed by atoms with Gasteiger partial charge < -0.3 is 21.1 Å². The number of hydrogen-bond donors (Lipinski definition) is 4. The zero-order chi connectivity index (χ0) is 17.9. The van der Waals surface area contributed by atoms with Gasteiger partial charge in [0.2, 0.25) is 0 Å². The minimum Gasteiger partial charge on any atom is -0.480 e. The molecule has 0 aromatic heterocycles. The number of carbonyl (C=O) groups is 3. The molecular weight excluding hydrogens is 314 g/mol. The van der Waals surface area contributed by atoms with E-state index >= 15 is 0 Å². The van der Waals surface area contributed by atoms with Gasteiger partial charge in [0.1, 0.15) is 6.04 Å². The van der Waals surface area contributed by atoms with E-state index in [0.717, 1.165) is 6.07 Å². The average Bonchev–Trinajstić information content (AvgIpc) is 2.54. The van der Waals surface area contributed by atoms with Crippen LogP contribution in [-0.4, -0.2) is 39.3 Å². The average molecular weight is 329 g/mol. The van der Waals surface area contributed by atoms with Gasteiger partial charge in [-0.15, -0.1) is 0 Å². The first-order chi connectivity index (χ1) is 11.3. The Bertz CT molecular complexity index is 782. The molecule has 0 fully saturated rings. The quantitative estimate of drug-likeness (QED) is 0.632. The van der Waals surface area contributed by atoms with Crippen molar-refractivity contribution in [3.8, 4) is 11.1 Å². The van der Waals surface area contributed by atoms with Crippen LogP contribution in [-0.2, 0) is 11.2 Å². The number of carboxylic acids is 3. The molecule has 0 aliphatic heterocycles. The first-order valence-electron chi connectivity index (χ1n) is 6.97. The zero-order valence-electron chi connectivity index (χ0n) is 12.5. The standard InChI is InChI=1S/C17H15NO6/c18-14(17(23)24)5-9-2-1-3-10(4-9)11-6-12(15(19)20)8-13(7-11)16(21)22/h1-4,6-8,14H,5,18H2,(H,19,20)(H,21,22)(H,23,24). The summed E-state index contributed by atoms with van der Waals surface area (Å²) in [5.74, 6) is -3.59. The molecule has 24 heavy (non-hydrogen) atoms. The third-order valence-corrected chi connectivity index (χ3v) is 3.46. The van der Waals surface area contributed by atoms with Crippen LogP contribution in [0, 0.1) is 0 Å². The van der Waals surface area contributed by atoms with Crippen LogP contribution in [0.5, 0.6) is 0 Å². The Morgan fingerprint density at radius 1 is 0.875 bits per heavy atom. The van der Waals surface area contributed by atoms with E-state index in [1.165, 1.54) is 12.1 Å². The molecule has 7 heteroatoms. The molecule has 0 heterocycles. The summed E-state index contributed by atoms with van der Waals surface area (Å²) >= 11 is 0. The molecule has 2 rings (SSSR count). The number of aromatic carboxylic acids is 2. The highest BCUT2D eigenvalue weighted by molar-refractivity contribution is 5.96. The van der Waals surface area contributed by atoms with Crippen molar-refractivity contribution in [3.05, 3.63) is 59.2 Å². The van der Waals surface area contributed by atoms with Crippen molar-refractivity contribution in [1.29, 1.82) is 0 Å². The maximum atomic E-state index is 11.2. The Morgan fingerprint density at radius 2 is 1.46 bits per heavy atom. The topological polar surface area (TPSA) is 138 Å². The fourth-order valence-corrected chi connectivity index (χ4v) is 2.26. The smallest absolute Gasteiger partial charge is 0.335 e. The first kappa shape index (κ1) is 17.2. The molecule has 5 N–H and O–H groups in total. The van der Waals surface area contributed by atoms with Crippen LogP contribution in [0.4, 0.5) is 0 Å². The molecule has 2 aromatic rings. The van der Waals surface area contributed by atoms with Gasteiger partial charge in [-0.1, -0.05) is 24.3 Å². The molecule has 0 aliphatic carbocycles. The lowest BCUT2D eigenvalue weighted by atomic mass is 9.96. The first-order valence-corrected chi connectivity index (χ1v) is 6.97. The van der Waals surface area contributed by atoms with Crippen LogP contribution in [0.2, 0.25) is 0 Å². The number of benzene rings is 2. The number of carboxylic acid groups (broad SMARTS) is 3. The molecule has 0 radical (unpaired) electrons. The van der Waals surface area contributed by atoms with E-state index < -0.39 is 23.9 Å². The molecule has 0 bridgehead atoms. The molecule has 0 spiro atoms. The highest BCUT2D eigenvalue weighted by Crippen LogP contribution is 2.24. The summed E-state index contributed by atoms with van der Waals surface area (Å²) in [5.41, 5.74) is 6.87. The molecule has 124 valence electrons. The molecule has 0 amide bonds. The summed E-state index contributed by atoms with van der Waals surface area (Å²) in [6.07, 6.45) is 0.105. The van der Waals surface area contributed by atoms with E-state index in [9.17, 15) is 14.4 Å². The van der Waals surface area contributed by atoms with Crippen LogP contribution in [0.1, 0.15) is 26.3 Å². The largest absolute Gasteiger partial charge is 0.480 e. The van der Waals surface area contributed by atoms with Gasteiger partial charge >= 0.3 is 17.9 Å².